The molecule has 0 atom stereocenters. The molecule has 2 aromatic rings. The number of hydrogen-bond acceptors (Lipinski definition) is 4. The number of carbonyl (C=O) groups excluding carboxylic acids is 1. The predicted molar refractivity (Wildman–Crippen MR) is 81.4 cm³/mol. The summed E-state index contributed by atoms with van der Waals surface area (Å²) in [5.74, 6) is 1.10. The van der Waals surface area contributed by atoms with E-state index < -0.39 is 0 Å². The summed E-state index contributed by atoms with van der Waals surface area (Å²) in [6.07, 6.45) is 3.32. The van der Waals surface area contributed by atoms with Crippen LogP contribution in [-0.4, -0.2) is 24.0 Å². The van der Waals surface area contributed by atoms with Gasteiger partial charge in [-0.2, -0.15) is 0 Å². The Bertz CT molecular complexity index is 573. The summed E-state index contributed by atoms with van der Waals surface area (Å²) in [6, 6.07) is 12.8. The highest BCUT2D eigenvalue weighted by Crippen LogP contribution is 2.20. The number of aromatic nitrogens is 1. The molecular formula is C16H19N3O2. The number of benzene rings is 1. The fourth-order valence-corrected chi connectivity index (χ4v) is 1.79. The van der Waals surface area contributed by atoms with Gasteiger partial charge in [-0.1, -0.05) is 18.2 Å². The van der Waals surface area contributed by atoms with E-state index in [4.69, 9.17) is 10.5 Å². The summed E-state index contributed by atoms with van der Waals surface area (Å²) in [4.78, 5) is 16.0. The lowest BCUT2D eigenvalue weighted by Gasteiger charge is -2.07. The molecule has 0 saturated carbocycles. The van der Waals surface area contributed by atoms with Crippen LogP contribution in [0.15, 0.2) is 48.7 Å². The largest absolute Gasteiger partial charge is 0.457 e. The highest BCUT2D eigenvalue weighted by molar-refractivity contribution is 5.92. The zero-order valence-electron chi connectivity index (χ0n) is 11.8. The van der Waals surface area contributed by atoms with Crippen molar-refractivity contribution in [2.75, 3.05) is 13.1 Å². The molecule has 0 radical (unpaired) electrons. The van der Waals surface area contributed by atoms with E-state index in [9.17, 15) is 4.79 Å². The lowest BCUT2D eigenvalue weighted by Crippen LogP contribution is -2.25. The van der Waals surface area contributed by atoms with Crippen LogP contribution in [0.2, 0.25) is 0 Å². The molecule has 2 rings (SSSR count). The molecule has 1 heterocycles. The summed E-state index contributed by atoms with van der Waals surface area (Å²) in [5.41, 5.74) is 5.75. The Kier molecular flexibility index (Phi) is 5.72. The lowest BCUT2D eigenvalue weighted by atomic mass is 10.3. The van der Waals surface area contributed by atoms with Gasteiger partial charge >= 0.3 is 0 Å². The van der Waals surface area contributed by atoms with Crippen molar-refractivity contribution in [2.45, 2.75) is 12.8 Å². The van der Waals surface area contributed by atoms with Crippen LogP contribution in [-0.2, 0) is 0 Å². The quantitative estimate of drug-likeness (QED) is 0.765. The van der Waals surface area contributed by atoms with Crippen LogP contribution in [0.4, 0.5) is 0 Å². The first kappa shape index (κ1) is 15.0. The molecule has 0 fully saturated rings. The number of hydrogen-bond donors (Lipinski definition) is 2. The Morgan fingerprint density at radius 3 is 2.71 bits per heavy atom. The van der Waals surface area contributed by atoms with Crippen LogP contribution in [0.1, 0.15) is 23.3 Å². The average molecular weight is 285 g/mol. The van der Waals surface area contributed by atoms with E-state index in [1.54, 1.807) is 18.3 Å². The number of ether oxygens (including phenoxy) is 1. The third kappa shape index (κ3) is 4.89. The normalized spacial score (nSPS) is 10.1. The average Bonchev–Trinajstić information content (AvgIpc) is 2.53. The number of nitrogens with zero attached hydrogens (tertiary/aromatic N) is 1. The molecule has 0 saturated heterocycles. The molecule has 21 heavy (non-hydrogen) atoms. The van der Waals surface area contributed by atoms with E-state index in [1.807, 2.05) is 30.3 Å². The second-order valence-corrected chi connectivity index (χ2v) is 4.54. The highest BCUT2D eigenvalue weighted by atomic mass is 16.5. The Morgan fingerprint density at radius 1 is 1.14 bits per heavy atom. The van der Waals surface area contributed by atoms with Gasteiger partial charge < -0.3 is 15.8 Å². The van der Waals surface area contributed by atoms with Gasteiger partial charge in [0.15, 0.2) is 0 Å². The first-order valence-electron chi connectivity index (χ1n) is 6.97. The van der Waals surface area contributed by atoms with Crippen molar-refractivity contribution in [3.05, 3.63) is 54.4 Å². The monoisotopic (exact) mass is 285 g/mol. The topological polar surface area (TPSA) is 77.2 Å². The van der Waals surface area contributed by atoms with Gasteiger partial charge in [0.25, 0.3) is 5.91 Å². The Morgan fingerprint density at radius 2 is 1.95 bits per heavy atom. The fraction of sp³-hybridized carbons (Fsp3) is 0.250. The van der Waals surface area contributed by atoms with Gasteiger partial charge in [-0.05, 0) is 37.6 Å². The SMILES string of the molecule is NCCCCNC(=O)c1cc(Oc2ccccc2)ccn1. The van der Waals surface area contributed by atoms with Crippen LogP contribution in [0, 0.1) is 0 Å². The molecule has 0 aliphatic heterocycles. The number of unbranched alkanes of at least 4 members (excludes halogenated alkanes) is 1. The summed E-state index contributed by atoms with van der Waals surface area (Å²) in [7, 11) is 0. The maximum absolute atomic E-state index is 12.0. The van der Waals surface area contributed by atoms with Crippen molar-refractivity contribution < 1.29 is 9.53 Å². The van der Waals surface area contributed by atoms with E-state index in [0.717, 1.165) is 18.6 Å². The van der Waals surface area contributed by atoms with E-state index in [2.05, 4.69) is 10.3 Å². The minimum Gasteiger partial charge on any atom is -0.457 e. The van der Waals surface area contributed by atoms with Crippen LogP contribution in [0.5, 0.6) is 11.5 Å². The van der Waals surface area contributed by atoms with Crippen molar-refractivity contribution in [1.29, 1.82) is 0 Å². The Balaban J connectivity index is 1.95. The molecule has 5 nitrogen and oxygen atoms in total. The van der Waals surface area contributed by atoms with Crippen molar-refractivity contribution in [3.8, 4) is 11.5 Å². The third-order valence-electron chi connectivity index (χ3n) is 2.86. The second kappa shape index (κ2) is 8.01. The first-order valence-corrected chi connectivity index (χ1v) is 6.97. The third-order valence-corrected chi connectivity index (χ3v) is 2.86. The highest BCUT2D eigenvalue weighted by Gasteiger charge is 2.08. The van der Waals surface area contributed by atoms with Crippen molar-refractivity contribution >= 4 is 5.91 Å². The second-order valence-electron chi connectivity index (χ2n) is 4.54. The van der Waals surface area contributed by atoms with E-state index in [-0.39, 0.29) is 5.91 Å². The number of pyridine rings is 1. The molecule has 1 aromatic heterocycles. The number of amides is 1. The predicted octanol–water partition coefficient (Wildman–Crippen LogP) is 2.34. The number of para-hydroxylation sites is 1. The molecule has 3 N–H and O–H groups in total. The molecular weight excluding hydrogens is 266 g/mol. The molecule has 0 spiro atoms. The maximum Gasteiger partial charge on any atom is 0.270 e. The van der Waals surface area contributed by atoms with Gasteiger partial charge in [-0.15, -0.1) is 0 Å². The van der Waals surface area contributed by atoms with Gasteiger partial charge in [0.1, 0.15) is 17.2 Å². The lowest BCUT2D eigenvalue weighted by molar-refractivity contribution is 0.0947. The molecule has 0 aliphatic carbocycles. The van der Waals surface area contributed by atoms with Crippen molar-refractivity contribution in [1.82, 2.24) is 10.3 Å². The zero-order valence-corrected chi connectivity index (χ0v) is 11.8. The van der Waals surface area contributed by atoms with Crippen molar-refractivity contribution in [3.63, 3.8) is 0 Å². The summed E-state index contributed by atoms with van der Waals surface area (Å²) < 4.78 is 5.68. The van der Waals surface area contributed by atoms with Crippen LogP contribution in [0.3, 0.4) is 0 Å². The number of nitrogens with two attached hydrogens (primary N) is 1. The number of carbonyl (C=O) groups is 1. The van der Waals surface area contributed by atoms with E-state index in [0.29, 0.717) is 24.5 Å². The smallest absolute Gasteiger partial charge is 0.270 e. The van der Waals surface area contributed by atoms with Gasteiger partial charge in [0, 0.05) is 18.8 Å². The maximum atomic E-state index is 12.0. The Hall–Kier alpha value is -2.40. The van der Waals surface area contributed by atoms with Gasteiger partial charge in [-0.25, -0.2) is 0 Å². The molecule has 5 heteroatoms. The van der Waals surface area contributed by atoms with Gasteiger partial charge in [0.2, 0.25) is 0 Å². The minimum atomic E-state index is -0.203. The van der Waals surface area contributed by atoms with Gasteiger partial charge in [-0.3, -0.25) is 9.78 Å². The van der Waals surface area contributed by atoms with Crippen LogP contribution < -0.4 is 15.8 Å². The van der Waals surface area contributed by atoms with Gasteiger partial charge in [0.05, 0.1) is 0 Å². The summed E-state index contributed by atoms with van der Waals surface area (Å²) in [5, 5.41) is 2.81. The van der Waals surface area contributed by atoms with Crippen LogP contribution >= 0.6 is 0 Å². The molecule has 0 bridgehead atoms. The van der Waals surface area contributed by atoms with Crippen molar-refractivity contribution in [2.24, 2.45) is 5.73 Å². The molecule has 0 unspecified atom stereocenters. The zero-order chi connectivity index (χ0) is 14.9. The molecule has 110 valence electrons. The standard InChI is InChI=1S/C16H19N3O2/c17-9-4-5-10-19-16(20)15-12-14(8-11-18-15)21-13-6-2-1-3-7-13/h1-3,6-8,11-12H,4-5,9-10,17H2,(H,19,20). The summed E-state index contributed by atoms with van der Waals surface area (Å²) in [6.45, 7) is 1.23. The molecule has 0 aliphatic rings. The van der Waals surface area contributed by atoms with E-state index in [1.165, 1.54) is 0 Å². The molecule has 1 amide bonds. The number of nitrogens with one attached hydrogen (secondary N) is 1. The molecule has 1 aromatic carbocycles. The fourth-order valence-electron chi connectivity index (χ4n) is 1.79. The summed E-state index contributed by atoms with van der Waals surface area (Å²) >= 11 is 0. The minimum absolute atomic E-state index is 0.203. The van der Waals surface area contributed by atoms with E-state index >= 15 is 0 Å². The first-order chi connectivity index (χ1) is 10.3. The van der Waals surface area contributed by atoms with Crippen LogP contribution in [0.25, 0.3) is 0 Å². The number of rotatable bonds is 7. The Labute approximate surface area is 124 Å².